The number of fused-ring (bicyclic) bond motifs is 1. The Morgan fingerprint density at radius 3 is 2.28 bits per heavy atom. The van der Waals surface area contributed by atoms with E-state index >= 15 is 0 Å². The number of hydrogen-bond donors (Lipinski definition) is 1. The van der Waals surface area contributed by atoms with Crippen LogP contribution in [0.3, 0.4) is 0 Å². The van der Waals surface area contributed by atoms with Crippen LogP contribution < -0.4 is 5.32 Å². The van der Waals surface area contributed by atoms with Gasteiger partial charge in [0.2, 0.25) is 0 Å². The van der Waals surface area contributed by atoms with E-state index in [1.807, 2.05) is 30.3 Å². The highest BCUT2D eigenvalue weighted by Crippen LogP contribution is 2.23. The molecule has 0 saturated carbocycles. The third-order valence-electron chi connectivity index (χ3n) is 4.66. The number of carbonyl (C=O) groups is 3. The number of hydrogen-bond acceptors (Lipinski definition) is 5. The van der Waals surface area contributed by atoms with E-state index in [4.69, 9.17) is 10.00 Å². The lowest BCUT2D eigenvalue weighted by Crippen LogP contribution is -2.45. The van der Waals surface area contributed by atoms with Crippen LogP contribution in [0.15, 0.2) is 54.6 Å². The molecule has 0 aliphatic carbocycles. The summed E-state index contributed by atoms with van der Waals surface area (Å²) in [6.07, 6.45) is 0.664. The van der Waals surface area contributed by atoms with Gasteiger partial charge in [-0.25, -0.2) is 4.79 Å². The van der Waals surface area contributed by atoms with Crippen molar-refractivity contribution in [2.45, 2.75) is 31.9 Å². The van der Waals surface area contributed by atoms with Gasteiger partial charge in [-0.1, -0.05) is 42.5 Å². The SMILES string of the molecule is N#CCCCC(CN1C(=O)c2ccccc2C1=O)NC(=O)OCc1ccccc1. The number of nitrogens with one attached hydrogen (secondary N) is 1. The summed E-state index contributed by atoms with van der Waals surface area (Å²) < 4.78 is 5.24. The first-order valence-corrected chi connectivity index (χ1v) is 9.39. The minimum absolute atomic E-state index is 0.0260. The number of ether oxygens (including phenoxy) is 1. The Bertz CT molecular complexity index is 902. The summed E-state index contributed by atoms with van der Waals surface area (Å²) in [5, 5.41) is 11.5. The molecule has 0 spiro atoms. The fourth-order valence-electron chi connectivity index (χ4n) is 3.19. The first-order chi connectivity index (χ1) is 14.1. The summed E-state index contributed by atoms with van der Waals surface area (Å²) in [5.74, 6) is -0.759. The minimum Gasteiger partial charge on any atom is -0.445 e. The maximum absolute atomic E-state index is 12.6. The lowest BCUT2D eigenvalue weighted by molar-refractivity contribution is 0.0629. The summed E-state index contributed by atoms with van der Waals surface area (Å²) in [6, 6.07) is 17.4. The van der Waals surface area contributed by atoms with Crippen molar-refractivity contribution in [1.82, 2.24) is 10.2 Å². The number of unbranched alkanes of at least 4 members (excludes halogenated alkanes) is 1. The van der Waals surface area contributed by atoms with Crippen molar-refractivity contribution in [1.29, 1.82) is 5.26 Å². The van der Waals surface area contributed by atoms with Gasteiger partial charge >= 0.3 is 6.09 Å². The predicted octanol–water partition coefficient (Wildman–Crippen LogP) is 3.27. The van der Waals surface area contributed by atoms with Crippen molar-refractivity contribution in [3.05, 3.63) is 71.3 Å². The molecule has 1 atom stereocenters. The molecule has 1 heterocycles. The van der Waals surface area contributed by atoms with Gasteiger partial charge in [-0.2, -0.15) is 5.26 Å². The molecular weight excluding hydrogens is 370 g/mol. The summed E-state index contributed by atoms with van der Waals surface area (Å²) >= 11 is 0. The summed E-state index contributed by atoms with van der Waals surface area (Å²) in [7, 11) is 0. The molecule has 2 aromatic carbocycles. The van der Waals surface area contributed by atoms with E-state index < -0.39 is 12.1 Å². The third kappa shape index (κ3) is 4.99. The number of amides is 3. The lowest BCUT2D eigenvalue weighted by Gasteiger charge is -2.23. The molecule has 1 unspecified atom stereocenters. The maximum Gasteiger partial charge on any atom is 0.407 e. The van der Waals surface area contributed by atoms with Crippen LogP contribution in [0.1, 0.15) is 45.5 Å². The molecule has 1 N–H and O–H groups in total. The summed E-state index contributed by atoms with van der Waals surface area (Å²) in [6.45, 7) is 0.142. The van der Waals surface area contributed by atoms with Crippen LogP contribution >= 0.6 is 0 Å². The topological polar surface area (TPSA) is 99.5 Å². The second-order valence-corrected chi connectivity index (χ2v) is 6.72. The fraction of sp³-hybridized carbons (Fsp3) is 0.273. The molecule has 1 aliphatic heterocycles. The zero-order valence-corrected chi connectivity index (χ0v) is 15.8. The number of alkyl carbamates (subject to hydrolysis) is 1. The van der Waals surface area contributed by atoms with E-state index in [9.17, 15) is 14.4 Å². The first-order valence-electron chi connectivity index (χ1n) is 9.39. The Kier molecular flexibility index (Phi) is 6.59. The molecular formula is C22H21N3O4. The van der Waals surface area contributed by atoms with Crippen molar-refractivity contribution in [3.63, 3.8) is 0 Å². The second-order valence-electron chi connectivity index (χ2n) is 6.72. The highest BCUT2D eigenvalue weighted by molar-refractivity contribution is 6.21. The van der Waals surface area contributed by atoms with E-state index in [1.165, 1.54) is 0 Å². The minimum atomic E-state index is -0.632. The second kappa shape index (κ2) is 9.51. The van der Waals surface area contributed by atoms with E-state index in [2.05, 4.69) is 11.4 Å². The van der Waals surface area contributed by atoms with Crippen LogP contribution in [0, 0.1) is 11.3 Å². The summed E-state index contributed by atoms with van der Waals surface area (Å²) in [4.78, 5) is 38.5. The molecule has 0 saturated heterocycles. The molecule has 0 bridgehead atoms. The Morgan fingerprint density at radius 2 is 1.66 bits per heavy atom. The molecule has 148 valence electrons. The van der Waals surface area contributed by atoms with Crippen LogP contribution in [-0.4, -0.2) is 35.4 Å². The number of nitrogens with zero attached hydrogens (tertiary/aromatic N) is 2. The van der Waals surface area contributed by atoms with E-state index in [-0.39, 0.29) is 25.0 Å². The van der Waals surface area contributed by atoms with Gasteiger partial charge in [-0.3, -0.25) is 14.5 Å². The molecule has 2 aromatic rings. The largest absolute Gasteiger partial charge is 0.445 e. The quantitative estimate of drug-likeness (QED) is 0.550. The Morgan fingerprint density at radius 1 is 1.03 bits per heavy atom. The number of imide groups is 1. The van der Waals surface area contributed by atoms with Crippen molar-refractivity contribution in [3.8, 4) is 6.07 Å². The van der Waals surface area contributed by atoms with E-state index in [0.29, 0.717) is 30.4 Å². The summed E-state index contributed by atoms with van der Waals surface area (Å²) in [5.41, 5.74) is 1.57. The molecule has 3 rings (SSSR count). The van der Waals surface area contributed by atoms with Crippen LogP contribution in [0.5, 0.6) is 0 Å². The molecule has 7 nitrogen and oxygen atoms in total. The van der Waals surface area contributed by atoms with Gasteiger partial charge in [0, 0.05) is 13.0 Å². The number of rotatable bonds is 8. The Labute approximate surface area is 168 Å². The number of nitriles is 1. The van der Waals surface area contributed by atoms with Gasteiger partial charge in [-0.15, -0.1) is 0 Å². The van der Waals surface area contributed by atoms with Gasteiger partial charge in [-0.05, 0) is 30.5 Å². The first kappa shape index (κ1) is 20.1. The number of benzene rings is 2. The van der Waals surface area contributed by atoms with Crippen molar-refractivity contribution >= 4 is 17.9 Å². The number of carbonyl (C=O) groups excluding carboxylic acids is 3. The monoisotopic (exact) mass is 391 g/mol. The molecule has 0 radical (unpaired) electrons. The van der Waals surface area contributed by atoms with Crippen LogP contribution in [-0.2, 0) is 11.3 Å². The van der Waals surface area contributed by atoms with Crippen molar-refractivity contribution in [2.24, 2.45) is 0 Å². The molecule has 3 amide bonds. The molecule has 7 heteroatoms. The lowest BCUT2D eigenvalue weighted by atomic mass is 10.1. The van der Waals surface area contributed by atoms with Gasteiger partial charge in [0.1, 0.15) is 6.61 Å². The van der Waals surface area contributed by atoms with Gasteiger partial charge < -0.3 is 10.1 Å². The van der Waals surface area contributed by atoms with E-state index in [0.717, 1.165) is 10.5 Å². The van der Waals surface area contributed by atoms with Crippen LogP contribution in [0.2, 0.25) is 0 Å². The predicted molar refractivity (Wildman–Crippen MR) is 105 cm³/mol. The van der Waals surface area contributed by atoms with Gasteiger partial charge in [0.05, 0.1) is 23.2 Å². The Balaban J connectivity index is 1.63. The van der Waals surface area contributed by atoms with Gasteiger partial charge in [0.25, 0.3) is 11.8 Å². The standard InChI is InChI=1S/C22H21N3O4/c23-13-7-6-10-17(24-22(28)29-15-16-8-2-1-3-9-16)14-25-20(26)18-11-4-5-12-19(18)21(25)27/h1-5,8-9,11-12,17H,6-7,10,14-15H2,(H,24,28). The zero-order chi connectivity index (χ0) is 20.6. The van der Waals surface area contributed by atoms with Crippen molar-refractivity contribution < 1.29 is 19.1 Å². The molecule has 1 aliphatic rings. The highest BCUT2D eigenvalue weighted by Gasteiger charge is 2.36. The molecule has 0 fully saturated rings. The average Bonchev–Trinajstić information content (AvgIpc) is 2.98. The van der Waals surface area contributed by atoms with Crippen molar-refractivity contribution in [2.75, 3.05) is 6.54 Å². The molecule has 29 heavy (non-hydrogen) atoms. The Hall–Kier alpha value is -3.66. The van der Waals surface area contributed by atoms with Crippen LogP contribution in [0.25, 0.3) is 0 Å². The van der Waals surface area contributed by atoms with E-state index in [1.54, 1.807) is 24.3 Å². The smallest absolute Gasteiger partial charge is 0.407 e. The zero-order valence-electron chi connectivity index (χ0n) is 15.8. The maximum atomic E-state index is 12.6. The normalized spacial score (nSPS) is 13.6. The average molecular weight is 391 g/mol. The molecule has 0 aromatic heterocycles. The third-order valence-corrected chi connectivity index (χ3v) is 4.66. The highest BCUT2D eigenvalue weighted by atomic mass is 16.5. The fourth-order valence-corrected chi connectivity index (χ4v) is 3.19. The van der Waals surface area contributed by atoms with Gasteiger partial charge in [0.15, 0.2) is 0 Å². The van der Waals surface area contributed by atoms with Crippen LogP contribution in [0.4, 0.5) is 4.79 Å².